The summed E-state index contributed by atoms with van der Waals surface area (Å²) in [5.74, 6) is -0.532. The summed E-state index contributed by atoms with van der Waals surface area (Å²) < 4.78 is 29.4. The summed E-state index contributed by atoms with van der Waals surface area (Å²) in [5, 5.41) is 0. The molecule has 6 nitrogen and oxygen atoms in total. The Balaban J connectivity index is 1.54. The van der Waals surface area contributed by atoms with Crippen molar-refractivity contribution in [3.05, 3.63) is 108 Å². The Bertz CT molecular complexity index is 979. The molecule has 4 rings (SSSR count). The lowest BCUT2D eigenvalue weighted by Gasteiger charge is -2.40. The van der Waals surface area contributed by atoms with Crippen molar-refractivity contribution in [3.63, 3.8) is 0 Å². The maximum Gasteiger partial charge on any atom is 0.340 e. The van der Waals surface area contributed by atoms with E-state index < -0.39 is 30.6 Å². The lowest BCUT2D eigenvalue weighted by Crippen LogP contribution is -2.58. The van der Waals surface area contributed by atoms with Crippen molar-refractivity contribution in [3.8, 4) is 0 Å². The van der Waals surface area contributed by atoms with E-state index in [0.29, 0.717) is 13.2 Å². The minimum absolute atomic E-state index is 0.245. The van der Waals surface area contributed by atoms with Crippen LogP contribution in [0.4, 0.5) is 0 Å². The number of esters is 1. The van der Waals surface area contributed by atoms with Gasteiger partial charge < -0.3 is 23.7 Å². The molecule has 0 unspecified atom stereocenters. The number of carbonyl (C=O) groups is 1. The third-order valence-corrected chi connectivity index (χ3v) is 5.43. The minimum atomic E-state index is -0.957. The van der Waals surface area contributed by atoms with E-state index in [1.807, 2.05) is 91.0 Å². The molecule has 4 atom stereocenters. The summed E-state index contributed by atoms with van der Waals surface area (Å²) in [6, 6.07) is 29.2. The predicted octanol–water partition coefficient (Wildman–Crippen LogP) is 4.27. The van der Waals surface area contributed by atoms with E-state index >= 15 is 0 Å². The van der Waals surface area contributed by atoms with Crippen LogP contribution in [0, 0.1) is 0 Å². The zero-order chi connectivity index (χ0) is 22.9. The zero-order valence-electron chi connectivity index (χ0n) is 18.5. The molecule has 0 aromatic heterocycles. The van der Waals surface area contributed by atoms with E-state index in [0.717, 1.165) is 16.7 Å². The predicted molar refractivity (Wildman–Crippen MR) is 122 cm³/mol. The van der Waals surface area contributed by atoms with Crippen LogP contribution in [0.3, 0.4) is 0 Å². The number of methoxy groups -OCH3 is 1. The number of benzene rings is 3. The van der Waals surface area contributed by atoms with Crippen LogP contribution in [0.1, 0.15) is 16.7 Å². The lowest BCUT2D eigenvalue weighted by molar-refractivity contribution is -0.276. The van der Waals surface area contributed by atoms with Crippen LogP contribution in [-0.2, 0) is 48.3 Å². The van der Waals surface area contributed by atoms with Crippen molar-refractivity contribution in [2.24, 2.45) is 0 Å². The maximum absolute atomic E-state index is 12.9. The molecule has 0 saturated carbocycles. The molecule has 1 aliphatic rings. The second kappa shape index (κ2) is 11.7. The van der Waals surface area contributed by atoms with Crippen LogP contribution in [0.2, 0.25) is 0 Å². The Labute approximate surface area is 194 Å². The van der Waals surface area contributed by atoms with Gasteiger partial charge in [0.05, 0.1) is 19.8 Å². The number of cyclic esters (lactones) is 1. The third kappa shape index (κ3) is 6.27. The van der Waals surface area contributed by atoms with Crippen molar-refractivity contribution in [1.82, 2.24) is 0 Å². The van der Waals surface area contributed by atoms with Crippen LogP contribution in [-0.4, -0.2) is 37.7 Å². The van der Waals surface area contributed by atoms with Gasteiger partial charge in [0.25, 0.3) is 0 Å². The van der Waals surface area contributed by atoms with Crippen molar-refractivity contribution in [1.29, 1.82) is 0 Å². The fraction of sp³-hybridized carbons (Fsp3) is 0.296. The van der Waals surface area contributed by atoms with Gasteiger partial charge in [-0.15, -0.1) is 0 Å². The molecule has 3 aromatic rings. The van der Waals surface area contributed by atoms with Gasteiger partial charge in [0.2, 0.25) is 6.29 Å². The van der Waals surface area contributed by atoms with Gasteiger partial charge in [-0.3, -0.25) is 0 Å². The number of ether oxygens (including phenoxy) is 5. The molecule has 6 heteroatoms. The second-order valence-electron chi connectivity index (χ2n) is 7.78. The quantitative estimate of drug-likeness (QED) is 0.432. The van der Waals surface area contributed by atoms with E-state index in [2.05, 4.69) is 0 Å². The summed E-state index contributed by atoms with van der Waals surface area (Å²) in [6.45, 7) is 0.861. The van der Waals surface area contributed by atoms with Gasteiger partial charge in [-0.2, -0.15) is 0 Å². The van der Waals surface area contributed by atoms with Crippen molar-refractivity contribution in [2.45, 2.75) is 44.4 Å². The van der Waals surface area contributed by atoms with Crippen LogP contribution < -0.4 is 0 Å². The van der Waals surface area contributed by atoms with E-state index in [1.165, 1.54) is 7.11 Å². The monoisotopic (exact) mass is 448 g/mol. The highest BCUT2D eigenvalue weighted by Crippen LogP contribution is 2.27. The van der Waals surface area contributed by atoms with Crippen LogP contribution in [0.15, 0.2) is 91.0 Å². The second-order valence-corrected chi connectivity index (χ2v) is 7.78. The Kier molecular flexibility index (Phi) is 8.22. The highest BCUT2D eigenvalue weighted by Gasteiger charge is 2.49. The van der Waals surface area contributed by atoms with E-state index in [1.54, 1.807) is 0 Å². The molecule has 3 aromatic carbocycles. The smallest absolute Gasteiger partial charge is 0.340 e. The number of hydrogen-bond donors (Lipinski definition) is 0. The highest BCUT2D eigenvalue weighted by atomic mass is 16.7. The van der Waals surface area contributed by atoms with Gasteiger partial charge in [0.1, 0.15) is 12.2 Å². The Hall–Kier alpha value is -3.03. The Morgan fingerprint density at radius 2 is 1.06 bits per heavy atom. The van der Waals surface area contributed by atoms with Crippen LogP contribution in [0.25, 0.3) is 0 Å². The molecule has 0 bridgehead atoms. The van der Waals surface area contributed by atoms with Gasteiger partial charge in [0, 0.05) is 7.11 Å². The molecule has 1 saturated heterocycles. The van der Waals surface area contributed by atoms with Gasteiger partial charge in [-0.05, 0) is 16.7 Å². The van der Waals surface area contributed by atoms with E-state index in [9.17, 15) is 4.79 Å². The zero-order valence-corrected chi connectivity index (χ0v) is 18.5. The molecule has 0 amide bonds. The molecule has 0 spiro atoms. The van der Waals surface area contributed by atoms with E-state index in [-0.39, 0.29) is 6.61 Å². The van der Waals surface area contributed by atoms with Crippen molar-refractivity contribution >= 4 is 5.97 Å². The van der Waals surface area contributed by atoms with Gasteiger partial charge in [0.15, 0.2) is 6.10 Å². The van der Waals surface area contributed by atoms with Crippen molar-refractivity contribution < 1.29 is 28.5 Å². The van der Waals surface area contributed by atoms with Crippen LogP contribution in [0.5, 0.6) is 0 Å². The number of hydrogen-bond acceptors (Lipinski definition) is 6. The fourth-order valence-electron chi connectivity index (χ4n) is 3.70. The molecule has 1 fully saturated rings. The topological polar surface area (TPSA) is 63.2 Å². The number of carbonyl (C=O) groups excluding carboxylic acids is 1. The average molecular weight is 449 g/mol. The summed E-state index contributed by atoms with van der Waals surface area (Å²) in [7, 11) is 1.48. The minimum Gasteiger partial charge on any atom is -0.431 e. The molecule has 0 N–H and O–H groups in total. The van der Waals surface area contributed by atoms with E-state index in [4.69, 9.17) is 23.7 Å². The normalized spacial score (nSPS) is 22.6. The standard InChI is InChI=1S/C27H28O6/c1-29-27-25(32-19-22-15-9-4-10-16-22)23(30-17-20-11-5-2-6-12-20)24(26(28)33-27)31-18-21-13-7-3-8-14-21/h2-16,23-25,27H,17-19H2,1H3/t23-,24+,25-,27+/m0/s1. The maximum atomic E-state index is 12.9. The number of rotatable bonds is 10. The third-order valence-electron chi connectivity index (χ3n) is 5.43. The molecule has 172 valence electrons. The molecule has 0 aliphatic carbocycles. The van der Waals surface area contributed by atoms with Gasteiger partial charge >= 0.3 is 5.97 Å². The first-order valence-corrected chi connectivity index (χ1v) is 10.9. The molecular weight excluding hydrogens is 420 g/mol. The van der Waals surface area contributed by atoms with Crippen LogP contribution >= 0.6 is 0 Å². The fourth-order valence-corrected chi connectivity index (χ4v) is 3.70. The SMILES string of the molecule is CO[C@@H]1OC(=O)[C@H](OCc2ccccc2)[C@H](OCc2ccccc2)[C@@H]1OCc1ccccc1. The largest absolute Gasteiger partial charge is 0.431 e. The summed E-state index contributed by atoms with van der Waals surface area (Å²) >= 11 is 0. The molecule has 33 heavy (non-hydrogen) atoms. The average Bonchev–Trinajstić information content (AvgIpc) is 2.87. The molecule has 0 radical (unpaired) electrons. The summed E-state index contributed by atoms with van der Waals surface area (Å²) in [5.41, 5.74) is 2.92. The Morgan fingerprint density at radius 1 is 0.636 bits per heavy atom. The lowest BCUT2D eigenvalue weighted by atomic mass is 10.0. The molecular formula is C27H28O6. The van der Waals surface area contributed by atoms with Crippen molar-refractivity contribution in [2.75, 3.05) is 7.11 Å². The highest BCUT2D eigenvalue weighted by molar-refractivity contribution is 5.76. The molecule has 1 heterocycles. The summed E-state index contributed by atoms with van der Waals surface area (Å²) in [6.07, 6.45) is -3.25. The summed E-state index contributed by atoms with van der Waals surface area (Å²) in [4.78, 5) is 12.9. The first-order valence-electron chi connectivity index (χ1n) is 10.9. The Morgan fingerprint density at radius 3 is 1.52 bits per heavy atom. The van der Waals surface area contributed by atoms with Gasteiger partial charge in [-0.1, -0.05) is 91.0 Å². The first-order chi connectivity index (χ1) is 16.2. The van der Waals surface area contributed by atoms with Gasteiger partial charge in [-0.25, -0.2) is 4.79 Å². The molecule has 1 aliphatic heterocycles. The first kappa shape index (κ1) is 23.1.